The van der Waals surface area contributed by atoms with Gasteiger partial charge in [-0.1, -0.05) is 32.8 Å². The van der Waals surface area contributed by atoms with Gasteiger partial charge in [-0.2, -0.15) is 0 Å². The Balaban J connectivity index is 0. The van der Waals surface area contributed by atoms with Crippen molar-refractivity contribution in [3.63, 3.8) is 0 Å². The maximum atomic E-state index is 9.45. The van der Waals surface area contributed by atoms with E-state index >= 15 is 0 Å². The zero-order valence-electron chi connectivity index (χ0n) is 12.7. The van der Waals surface area contributed by atoms with Gasteiger partial charge in [0, 0.05) is 6.42 Å². The molecular weight excluding hydrogens is 262 g/mol. The van der Waals surface area contributed by atoms with Crippen molar-refractivity contribution in [1.29, 1.82) is 0 Å². The average molecular weight is 294 g/mol. The molecule has 0 aliphatic carbocycles. The van der Waals surface area contributed by atoms with Crippen LogP contribution in [0, 0.1) is 0 Å². The minimum absolute atomic E-state index is 0. The molecular formula is C15H32ClNO2. The molecule has 2 unspecified atom stereocenters. The Kier molecular flexibility index (Phi) is 14.4. The number of likely N-dealkylation sites (N-methyl/N-ethyl adjacent to an activating group) is 1. The minimum atomic E-state index is -0.577. The van der Waals surface area contributed by atoms with Crippen molar-refractivity contribution in [3.05, 3.63) is 12.7 Å². The van der Waals surface area contributed by atoms with Gasteiger partial charge in [0.25, 0.3) is 0 Å². The highest BCUT2D eigenvalue weighted by molar-refractivity contribution is 4.66. The zero-order valence-corrected chi connectivity index (χ0v) is 13.4. The van der Waals surface area contributed by atoms with Gasteiger partial charge in [-0.15, -0.1) is 0 Å². The number of aliphatic hydroxyl groups is 2. The second-order valence-corrected chi connectivity index (χ2v) is 5.58. The molecule has 2 N–H and O–H groups in total. The summed E-state index contributed by atoms with van der Waals surface area (Å²) in [6, 6.07) is 0. The van der Waals surface area contributed by atoms with Crippen LogP contribution in [0.1, 0.15) is 45.4 Å². The Morgan fingerprint density at radius 1 is 1.16 bits per heavy atom. The van der Waals surface area contributed by atoms with E-state index in [-0.39, 0.29) is 19.0 Å². The molecule has 0 saturated carbocycles. The van der Waals surface area contributed by atoms with E-state index in [1.54, 1.807) is 0 Å². The van der Waals surface area contributed by atoms with Gasteiger partial charge in [-0.25, -0.2) is 0 Å². The van der Waals surface area contributed by atoms with Crippen molar-refractivity contribution in [3.8, 4) is 0 Å². The number of hydrogen-bond acceptors (Lipinski definition) is 2. The van der Waals surface area contributed by atoms with Gasteiger partial charge in [0.05, 0.1) is 39.4 Å². The smallest absolute Gasteiger partial charge is 0.0969 e. The largest absolute Gasteiger partial charge is 1.00 e. The van der Waals surface area contributed by atoms with E-state index in [1.165, 1.54) is 32.1 Å². The Morgan fingerprint density at radius 2 is 1.79 bits per heavy atom. The fourth-order valence-corrected chi connectivity index (χ4v) is 2.26. The minimum Gasteiger partial charge on any atom is -1.00 e. The summed E-state index contributed by atoms with van der Waals surface area (Å²) in [5.74, 6) is 0. The average Bonchev–Trinajstić information content (AvgIpc) is 2.36. The van der Waals surface area contributed by atoms with Crippen LogP contribution in [0.15, 0.2) is 12.7 Å². The molecule has 0 heterocycles. The first kappa shape index (κ1) is 21.2. The summed E-state index contributed by atoms with van der Waals surface area (Å²) >= 11 is 0. The van der Waals surface area contributed by atoms with Crippen molar-refractivity contribution < 1.29 is 27.1 Å². The fraction of sp³-hybridized carbons (Fsp3) is 0.867. The molecule has 0 aromatic heterocycles. The van der Waals surface area contributed by atoms with Gasteiger partial charge in [-0.05, 0) is 18.9 Å². The summed E-state index contributed by atoms with van der Waals surface area (Å²) in [4.78, 5) is 0. The molecule has 0 radical (unpaired) electrons. The van der Waals surface area contributed by atoms with Gasteiger partial charge >= 0.3 is 0 Å². The lowest BCUT2D eigenvalue weighted by Gasteiger charge is -2.34. The molecule has 4 heteroatoms. The Bertz CT molecular complexity index is 214. The number of rotatable bonds is 12. The third kappa shape index (κ3) is 11.4. The third-order valence-corrected chi connectivity index (χ3v) is 3.58. The van der Waals surface area contributed by atoms with Gasteiger partial charge < -0.3 is 27.1 Å². The van der Waals surface area contributed by atoms with Gasteiger partial charge in [0.1, 0.15) is 0 Å². The highest BCUT2D eigenvalue weighted by Crippen LogP contribution is 2.11. The van der Waals surface area contributed by atoms with E-state index in [4.69, 9.17) is 5.11 Å². The first-order valence-electron chi connectivity index (χ1n) is 7.31. The normalized spacial score (nSPS) is 15.4. The van der Waals surface area contributed by atoms with Crippen LogP contribution in [0.2, 0.25) is 0 Å². The second kappa shape index (κ2) is 12.9. The molecule has 0 fully saturated rings. The van der Waals surface area contributed by atoms with Crippen molar-refractivity contribution in [1.82, 2.24) is 0 Å². The topological polar surface area (TPSA) is 40.5 Å². The molecule has 3 nitrogen and oxygen atoms in total. The predicted octanol–water partition coefficient (Wildman–Crippen LogP) is -0.663. The van der Waals surface area contributed by atoms with Gasteiger partial charge in [-0.3, -0.25) is 0 Å². The molecule has 19 heavy (non-hydrogen) atoms. The lowest BCUT2D eigenvalue weighted by molar-refractivity contribution is -0.904. The van der Waals surface area contributed by atoms with Crippen molar-refractivity contribution >= 4 is 0 Å². The quantitative estimate of drug-likeness (QED) is 0.285. The maximum Gasteiger partial charge on any atom is 0.0969 e. The predicted molar refractivity (Wildman–Crippen MR) is 77.5 cm³/mol. The summed E-state index contributed by atoms with van der Waals surface area (Å²) < 4.78 is 0.923. The third-order valence-electron chi connectivity index (χ3n) is 3.58. The van der Waals surface area contributed by atoms with Crippen LogP contribution in [0.3, 0.4) is 0 Å². The molecule has 2 atom stereocenters. The lowest BCUT2D eigenvalue weighted by Crippen LogP contribution is -3.00. The molecule has 0 rings (SSSR count). The van der Waals surface area contributed by atoms with Crippen LogP contribution < -0.4 is 12.4 Å². The standard InChI is InChI=1S/C15H32NO2.ClH/c1-4-6-7-8-9-12-16(3,11-5-2)13-10-15(18)14-17;/h5,15,17-18H,2,4,6-14H2,1,3H3;1H/q+1;/p-1. The monoisotopic (exact) mass is 293 g/mol. The van der Waals surface area contributed by atoms with E-state index in [0.717, 1.165) is 24.1 Å². The SMILES string of the molecule is C=CC[N+](C)(CCCCCCC)CCC(O)CO.[Cl-]. The molecule has 0 aliphatic rings. The fourth-order valence-electron chi connectivity index (χ4n) is 2.26. The van der Waals surface area contributed by atoms with E-state index < -0.39 is 6.10 Å². The van der Waals surface area contributed by atoms with Gasteiger partial charge in [0.15, 0.2) is 0 Å². The molecule has 0 aromatic rings. The summed E-state index contributed by atoms with van der Waals surface area (Å²) in [5, 5.41) is 18.3. The molecule has 0 aliphatic heterocycles. The number of quaternary nitrogens is 1. The highest BCUT2D eigenvalue weighted by Gasteiger charge is 2.20. The Hall–Kier alpha value is -0.0900. The van der Waals surface area contributed by atoms with Crippen LogP contribution in [0.25, 0.3) is 0 Å². The molecule has 0 amide bonds. The summed E-state index contributed by atoms with van der Waals surface area (Å²) in [5.41, 5.74) is 0. The Labute approximate surface area is 125 Å². The van der Waals surface area contributed by atoms with Crippen molar-refractivity contribution in [2.45, 2.75) is 51.6 Å². The lowest BCUT2D eigenvalue weighted by atomic mass is 10.1. The van der Waals surface area contributed by atoms with E-state index in [1.807, 2.05) is 6.08 Å². The molecule has 0 aromatic carbocycles. The van der Waals surface area contributed by atoms with Crippen LogP contribution >= 0.6 is 0 Å². The summed E-state index contributed by atoms with van der Waals surface area (Å²) in [7, 11) is 2.21. The van der Waals surface area contributed by atoms with E-state index in [9.17, 15) is 5.11 Å². The zero-order chi connectivity index (χ0) is 13.9. The number of halogens is 1. The van der Waals surface area contributed by atoms with Gasteiger partial charge in [0.2, 0.25) is 0 Å². The molecule has 116 valence electrons. The highest BCUT2D eigenvalue weighted by atomic mass is 35.5. The summed E-state index contributed by atoms with van der Waals surface area (Å²) in [6.45, 7) is 8.89. The molecule has 0 spiro atoms. The number of hydrogen-bond donors (Lipinski definition) is 2. The van der Waals surface area contributed by atoms with Crippen LogP contribution in [-0.2, 0) is 0 Å². The van der Waals surface area contributed by atoms with Crippen LogP contribution in [-0.4, -0.2) is 54.1 Å². The van der Waals surface area contributed by atoms with E-state index in [2.05, 4.69) is 20.6 Å². The second-order valence-electron chi connectivity index (χ2n) is 5.58. The first-order chi connectivity index (χ1) is 8.58. The molecule has 0 bridgehead atoms. The number of nitrogens with zero attached hydrogens (tertiary/aromatic N) is 1. The van der Waals surface area contributed by atoms with Crippen molar-refractivity contribution in [2.75, 3.05) is 33.3 Å². The summed E-state index contributed by atoms with van der Waals surface area (Å²) in [6.07, 6.45) is 8.50. The first-order valence-corrected chi connectivity index (χ1v) is 7.31. The molecule has 0 saturated heterocycles. The Morgan fingerprint density at radius 3 is 2.32 bits per heavy atom. The van der Waals surface area contributed by atoms with E-state index in [0.29, 0.717) is 6.42 Å². The van der Waals surface area contributed by atoms with Crippen molar-refractivity contribution in [2.24, 2.45) is 0 Å². The van der Waals surface area contributed by atoms with Crippen LogP contribution in [0.4, 0.5) is 0 Å². The van der Waals surface area contributed by atoms with Crippen LogP contribution in [0.5, 0.6) is 0 Å². The number of aliphatic hydroxyl groups excluding tert-OH is 2. The maximum absolute atomic E-state index is 9.45. The number of unbranched alkanes of at least 4 members (excludes halogenated alkanes) is 4.